The number of hydrogen-bond donors (Lipinski definition) is 2. The second-order valence-electron chi connectivity index (χ2n) is 6.09. The summed E-state index contributed by atoms with van der Waals surface area (Å²) in [5.41, 5.74) is 4.47. The summed E-state index contributed by atoms with van der Waals surface area (Å²) in [4.78, 5) is 12.2. The number of rotatable bonds is 6. The van der Waals surface area contributed by atoms with Crippen molar-refractivity contribution in [2.45, 2.75) is 6.61 Å². The summed E-state index contributed by atoms with van der Waals surface area (Å²) in [7, 11) is 0. The van der Waals surface area contributed by atoms with Gasteiger partial charge in [0, 0.05) is 8.95 Å². The van der Waals surface area contributed by atoms with E-state index in [1.165, 1.54) is 12.1 Å². The van der Waals surface area contributed by atoms with E-state index in [-0.39, 0.29) is 11.3 Å². The Morgan fingerprint density at radius 2 is 1.67 bits per heavy atom. The Balaban J connectivity index is 1.66. The van der Waals surface area contributed by atoms with Crippen molar-refractivity contribution in [2.24, 2.45) is 5.10 Å². The van der Waals surface area contributed by atoms with Gasteiger partial charge in [-0.3, -0.25) is 4.79 Å². The highest BCUT2D eigenvalue weighted by Gasteiger charge is 2.11. The van der Waals surface area contributed by atoms with Gasteiger partial charge in [0.2, 0.25) is 0 Å². The van der Waals surface area contributed by atoms with Crippen LogP contribution in [0.1, 0.15) is 21.5 Å². The summed E-state index contributed by atoms with van der Waals surface area (Å²) in [5, 5.41) is 13.8. The molecule has 0 saturated carbocycles. The van der Waals surface area contributed by atoms with Gasteiger partial charge in [-0.15, -0.1) is 0 Å². The molecule has 0 radical (unpaired) electrons. The maximum atomic E-state index is 12.2. The van der Waals surface area contributed by atoms with E-state index < -0.39 is 5.91 Å². The number of benzene rings is 3. The highest BCUT2D eigenvalue weighted by Crippen LogP contribution is 2.29. The lowest BCUT2D eigenvalue weighted by Crippen LogP contribution is -2.17. The molecule has 0 heterocycles. The second-order valence-corrected chi connectivity index (χ2v) is 10.2. The van der Waals surface area contributed by atoms with Crippen molar-refractivity contribution in [3.05, 3.63) is 87.4 Å². The zero-order valence-electron chi connectivity index (χ0n) is 15.2. The average molecular weight is 756 g/mol. The lowest BCUT2D eigenvalue weighted by atomic mass is 10.2. The third-order valence-electron chi connectivity index (χ3n) is 3.90. The van der Waals surface area contributed by atoms with E-state index >= 15 is 0 Å². The van der Waals surface area contributed by atoms with Gasteiger partial charge in [0.1, 0.15) is 18.1 Å². The van der Waals surface area contributed by atoms with Crippen LogP contribution >= 0.6 is 77.0 Å². The predicted octanol–water partition coefficient (Wildman–Crippen LogP) is 6.47. The van der Waals surface area contributed by atoms with Crippen LogP contribution in [-0.2, 0) is 6.61 Å². The van der Waals surface area contributed by atoms with Crippen molar-refractivity contribution in [1.82, 2.24) is 5.43 Å². The molecule has 0 unspecified atom stereocenters. The van der Waals surface area contributed by atoms with Gasteiger partial charge >= 0.3 is 0 Å². The number of hydrogen-bond acceptors (Lipinski definition) is 4. The number of phenolic OH excluding ortho intramolecular Hbond substituents is 1. The number of phenols is 1. The van der Waals surface area contributed by atoms with Crippen molar-refractivity contribution >= 4 is 89.2 Å². The molecule has 0 aliphatic heterocycles. The van der Waals surface area contributed by atoms with Crippen LogP contribution in [0.25, 0.3) is 0 Å². The molecule has 3 aromatic carbocycles. The van der Waals surface area contributed by atoms with Crippen LogP contribution < -0.4 is 10.2 Å². The van der Waals surface area contributed by atoms with Gasteiger partial charge in [0.05, 0.1) is 18.9 Å². The maximum Gasteiger partial charge on any atom is 0.275 e. The van der Waals surface area contributed by atoms with E-state index in [4.69, 9.17) is 4.74 Å². The Bertz CT molecular complexity index is 1080. The minimum absolute atomic E-state index is 0.109. The van der Waals surface area contributed by atoms with Crippen molar-refractivity contribution in [1.29, 1.82) is 0 Å². The Hall–Kier alpha value is -1.18. The highest BCUT2D eigenvalue weighted by atomic mass is 127. The summed E-state index contributed by atoms with van der Waals surface area (Å²) < 4.78 is 9.60. The maximum absolute atomic E-state index is 12.2. The minimum atomic E-state index is -0.496. The van der Waals surface area contributed by atoms with Crippen LogP contribution in [0.2, 0.25) is 0 Å². The van der Waals surface area contributed by atoms with E-state index in [1.807, 2.05) is 36.4 Å². The van der Waals surface area contributed by atoms with Crippen molar-refractivity contribution in [3.8, 4) is 11.5 Å². The summed E-state index contributed by atoms with van der Waals surface area (Å²) in [6.07, 6.45) is 1.55. The molecule has 0 atom stereocenters. The Labute approximate surface area is 217 Å². The first-order chi connectivity index (χ1) is 14.3. The summed E-state index contributed by atoms with van der Waals surface area (Å²) >= 11 is 11.1. The zero-order chi connectivity index (χ0) is 21.7. The monoisotopic (exact) mass is 754 g/mol. The number of carbonyl (C=O) groups excluding carboxylic acids is 1. The standard InChI is InChI=1S/C21H14Br2I2N2O3/c22-14-3-1-12(2-4-14)11-30-20-17(24)7-13(8-18(20)25)10-26-27-21(29)16-9-15(23)5-6-19(16)28/h1-10,28H,11H2,(H,27,29)/b26-10-. The number of nitrogens with one attached hydrogen (secondary N) is 1. The van der Waals surface area contributed by atoms with E-state index in [0.717, 1.165) is 28.5 Å². The minimum Gasteiger partial charge on any atom is -0.507 e. The van der Waals surface area contributed by atoms with Crippen LogP contribution in [0, 0.1) is 7.14 Å². The zero-order valence-corrected chi connectivity index (χ0v) is 22.7. The van der Waals surface area contributed by atoms with Gasteiger partial charge in [-0.2, -0.15) is 5.10 Å². The SMILES string of the molecule is O=C(N/N=C\c1cc(I)c(OCc2ccc(Br)cc2)c(I)c1)c1cc(Br)ccc1O. The lowest BCUT2D eigenvalue weighted by Gasteiger charge is -2.11. The number of halogens is 4. The van der Waals surface area contributed by atoms with Gasteiger partial charge in [-0.05, 0) is 98.8 Å². The summed E-state index contributed by atoms with van der Waals surface area (Å²) in [5.74, 6) is 0.200. The van der Waals surface area contributed by atoms with Crippen LogP contribution in [0.3, 0.4) is 0 Å². The molecule has 3 aromatic rings. The van der Waals surface area contributed by atoms with Gasteiger partial charge in [0.25, 0.3) is 5.91 Å². The highest BCUT2D eigenvalue weighted by molar-refractivity contribution is 14.1. The van der Waals surface area contributed by atoms with E-state index in [2.05, 4.69) is 87.6 Å². The van der Waals surface area contributed by atoms with Gasteiger partial charge in [0.15, 0.2) is 0 Å². The number of carbonyl (C=O) groups is 1. The molecule has 3 rings (SSSR count). The molecule has 0 bridgehead atoms. The van der Waals surface area contributed by atoms with Crippen molar-refractivity contribution < 1.29 is 14.6 Å². The fourth-order valence-corrected chi connectivity index (χ4v) is 5.20. The second kappa shape index (κ2) is 10.9. The number of amides is 1. The quantitative estimate of drug-likeness (QED) is 0.172. The van der Waals surface area contributed by atoms with E-state index in [1.54, 1.807) is 12.3 Å². The molecule has 154 valence electrons. The van der Waals surface area contributed by atoms with E-state index in [0.29, 0.717) is 11.1 Å². The predicted molar refractivity (Wildman–Crippen MR) is 141 cm³/mol. The molecule has 0 aromatic heterocycles. The van der Waals surface area contributed by atoms with Crippen LogP contribution in [0.5, 0.6) is 11.5 Å². The number of nitrogens with zero attached hydrogens (tertiary/aromatic N) is 1. The molecule has 0 fully saturated rings. The molecule has 9 heteroatoms. The first-order valence-corrected chi connectivity index (χ1v) is 12.3. The topological polar surface area (TPSA) is 70.9 Å². The number of hydrazone groups is 1. The normalized spacial score (nSPS) is 10.9. The molecular weight excluding hydrogens is 742 g/mol. The molecule has 0 spiro atoms. The van der Waals surface area contributed by atoms with Crippen LogP contribution in [0.15, 0.2) is 68.6 Å². The van der Waals surface area contributed by atoms with Crippen molar-refractivity contribution in [2.75, 3.05) is 0 Å². The Kier molecular flexibility index (Phi) is 8.54. The van der Waals surface area contributed by atoms with Gasteiger partial charge in [-0.1, -0.05) is 44.0 Å². The fraction of sp³-hybridized carbons (Fsp3) is 0.0476. The summed E-state index contributed by atoms with van der Waals surface area (Å²) in [6, 6.07) is 16.5. The number of aromatic hydroxyl groups is 1. The Morgan fingerprint density at radius 1 is 1.03 bits per heavy atom. The molecule has 30 heavy (non-hydrogen) atoms. The molecule has 0 aliphatic carbocycles. The first kappa shape index (κ1) is 23.5. The van der Waals surface area contributed by atoms with Gasteiger partial charge < -0.3 is 9.84 Å². The largest absolute Gasteiger partial charge is 0.507 e. The fourth-order valence-electron chi connectivity index (χ4n) is 2.44. The molecule has 5 nitrogen and oxygen atoms in total. The molecular formula is C21H14Br2I2N2O3. The summed E-state index contributed by atoms with van der Waals surface area (Å²) in [6.45, 7) is 0.471. The third-order valence-corrected chi connectivity index (χ3v) is 6.52. The van der Waals surface area contributed by atoms with Crippen LogP contribution in [-0.4, -0.2) is 17.2 Å². The average Bonchev–Trinajstić information content (AvgIpc) is 2.70. The molecule has 1 amide bonds. The molecule has 0 aliphatic rings. The smallest absolute Gasteiger partial charge is 0.275 e. The third kappa shape index (κ3) is 6.41. The Morgan fingerprint density at radius 3 is 2.33 bits per heavy atom. The van der Waals surface area contributed by atoms with Crippen LogP contribution in [0.4, 0.5) is 0 Å². The van der Waals surface area contributed by atoms with Gasteiger partial charge in [-0.25, -0.2) is 5.43 Å². The molecule has 0 saturated heterocycles. The molecule has 2 N–H and O–H groups in total. The lowest BCUT2D eigenvalue weighted by molar-refractivity contribution is 0.0952. The van der Waals surface area contributed by atoms with E-state index in [9.17, 15) is 9.90 Å². The number of ether oxygens (including phenoxy) is 1. The van der Waals surface area contributed by atoms with Crippen molar-refractivity contribution in [3.63, 3.8) is 0 Å². The first-order valence-electron chi connectivity index (χ1n) is 8.51.